The number of aromatic nitrogens is 1. The van der Waals surface area contributed by atoms with E-state index in [9.17, 15) is 5.26 Å². The molecular weight excluding hydrogens is 318 g/mol. The maximum atomic E-state index is 9.39. The van der Waals surface area contributed by atoms with Gasteiger partial charge in [0.15, 0.2) is 22.8 Å². The van der Waals surface area contributed by atoms with Crippen LogP contribution in [0.5, 0.6) is 23.1 Å². The smallest absolute Gasteiger partial charge is 0.235 e. The average molecular weight is 339 g/mol. The molecule has 2 aromatic rings. The van der Waals surface area contributed by atoms with E-state index < -0.39 is 0 Å². The number of rotatable bonds is 6. The lowest BCUT2D eigenvalue weighted by molar-refractivity contribution is 0.329. The second-order valence-corrected chi connectivity index (χ2v) is 5.88. The second-order valence-electron chi connectivity index (χ2n) is 5.88. The zero-order chi connectivity index (χ0) is 17.6. The van der Waals surface area contributed by atoms with Gasteiger partial charge >= 0.3 is 0 Å². The molecule has 1 aliphatic rings. The molecule has 1 saturated heterocycles. The van der Waals surface area contributed by atoms with Crippen LogP contribution in [0, 0.1) is 11.3 Å². The second kappa shape index (κ2) is 7.86. The first-order valence-corrected chi connectivity index (χ1v) is 8.25. The fraction of sp³-hybridized carbons (Fsp3) is 0.368. The van der Waals surface area contributed by atoms with Gasteiger partial charge in [-0.25, -0.2) is 4.98 Å². The number of benzene rings is 1. The van der Waals surface area contributed by atoms with E-state index >= 15 is 0 Å². The zero-order valence-corrected chi connectivity index (χ0v) is 14.5. The molecule has 2 heterocycles. The number of hydrogen-bond donors (Lipinski definition) is 0. The van der Waals surface area contributed by atoms with Gasteiger partial charge in [-0.15, -0.1) is 0 Å². The van der Waals surface area contributed by atoms with Crippen LogP contribution < -0.4 is 14.2 Å². The fourth-order valence-electron chi connectivity index (χ4n) is 2.99. The van der Waals surface area contributed by atoms with Crippen molar-refractivity contribution in [2.45, 2.75) is 19.4 Å². The topological polar surface area (TPSA) is 67.6 Å². The SMILES string of the molecule is COc1ccc(CN2CCCC2)cc1Oc1ccnc(OC)c1C#N. The van der Waals surface area contributed by atoms with Crippen LogP contribution in [-0.2, 0) is 6.54 Å². The molecule has 0 atom stereocenters. The fourth-order valence-corrected chi connectivity index (χ4v) is 2.99. The van der Waals surface area contributed by atoms with Gasteiger partial charge in [0.1, 0.15) is 6.07 Å². The van der Waals surface area contributed by atoms with E-state index in [1.54, 1.807) is 19.4 Å². The monoisotopic (exact) mass is 339 g/mol. The highest BCUT2D eigenvalue weighted by Crippen LogP contribution is 2.36. The molecule has 0 amide bonds. The Labute approximate surface area is 147 Å². The van der Waals surface area contributed by atoms with Crippen LogP contribution in [0.25, 0.3) is 0 Å². The van der Waals surface area contributed by atoms with Crippen molar-refractivity contribution in [3.63, 3.8) is 0 Å². The first-order valence-electron chi connectivity index (χ1n) is 8.25. The van der Waals surface area contributed by atoms with Gasteiger partial charge in [-0.2, -0.15) is 5.26 Å². The Kier molecular flexibility index (Phi) is 5.36. The Hall–Kier alpha value is -2.78. The number of pyridine rings is 1. The number of hydrogen-bond acceptors (Lipinski definition) is 6. The number of methoxy groups -OCH3 is 2. The van der Waals surface area contributed by atoms with E-state index in [1.165, 1.54) is 20.0 Å². The maximum absolute atomic E-state index is 9.39. The zero-order valence-electron chi connectivity index (χ0n) is 14.5. The number of likely N-dealkylation sites (tertiary alicyclic amines) is 1. The van der Waals surface area contributed by atoms with Gasteiger partial charge in [0.05, 0.1) is 14.2 Å². The molecule has 1 aliphatic heterocycles. The van der Waals surface area contributed by atoms with Crippen molar-refractivity contribution in [1.29, 1.82) is 5.26 Å². The molecule has 6 heteroatoms. The molecule has 130 valence electrons. The van der Waals surface area contributed by atoms with E-state index in [4.69, 9.17) is 14.2 Å². The number of nitrogens with zero attached hydrogens (tertiary/aromatic N) is 3. The van der Waals surface area contributed by atoms with Crippen molar-refractivity contribution in [2.75, 3.05) is 27.3 Å². The summed E-state index contributed by atoms with van der Waals surface area (Å²) in [7, 11) is 3.07. The molecule has 1 aromatic carbocycles. The van der Waals surface area contributed by atoms with Gasteiger partial charge in [0.2, 0.25) is 5.88 Å². The van der Waals surface area contributed by atoms with E-state index in [1.807, 2.05) is 18.2 Å². The van der Waals surface area contributed by atoms with Gasteiger partial charge < -0.3 is 14.2 Å². The first kappa shape index (κ1) is 17.1. The third-order valence-electron chi connectivity index (χ3n) is 4.24. The summed E-state index contributed by atoms with van der Waals surface area (Å²) in [5, 5.41) is 9.39. The van der Waals surface area contributed by atoms with E-state index in [-0.39, 0.29) is 11.4 Å². The van der Waals surface area contributed by atoms with Crippen molar-refractivity contribution in [3.05, 3.63) is 41.6 Å². The predicted octanol–water partition coefficient (Wildman–Crippen LogP) is 3.36. The average Bonchev–Trinajstić information content (AvgIpc) is 3.14. The standard InChI is InChI=1S/C19H21N3O3/c1-23-17-6-5-14(13-22-9-3-4-10-22)11-18(17)25-16-7-8-21-19(24-2)15(16)12-20/h5-8,11H,3-4,9-10,13H2,1-2H3. The lowest BCUT2D eigenvalue weighted by Gasteiger charge is -2.17. The van der Waals surface area contributed by atoms with Gasteiger partial charge in [-0.3, -0.25) is 4.90 Å². The summed E-state index contributed by atoms with van der Waals surface area (Å²) in [4.78, 5) is 6.45. The molecule has 0 radical (unpaired) electrons. The van der Waals surface area contributed by atoms with Crippen molar-refractivity contribution in [3.8, 4) is 29.2 Å². The summed E-state index contributed by atoms with van der Waals surface area (Å²) in [6, 6.07) is 9.63. The van der Waals surface area contributed by atoms with E-state index in [2.05, 4.69) is 16.0 Å². The van der Waals surface area contributed by atoms with Crippen LogP contribution in [0.3, 0.4) is 0 Å². The number of ether oxygens (including phenoxy) is 3. The molecule has 0 N–H and O–H groups in total. The molecule has 0 spiro atoms. The Morgan fingerprint density at radius 3 is 2.56 bits per heavy atom. The van der Waals surface area contributed by atoms with Crippen molar-refractivity contribution in [2.24, 2.45) is 0 Å². The van der Waals surface area contributed by atoms with Gasteiger partial charge in [-0.1, -0.05) is 6.07 Å². The summed E-state index contributed by atoms with van der Waals surface area (Å²) in [6.45, 7) is 3.13. The molecule has 0 unspecified atom stereocenters. The molecule has 0 saturated carbocycles. The minimum absolute atomic E-state index is 0.243. The molecule has 25 heavy (non-hydrogen) atoms. The molecule has 6 nitrogen and oxygen atoms in total. The molecule has 3 rings (SSSR count). The number of nitriles is 1. The highest BCUT2D eigenvalue weighted by molar-refractivity contribution is 5.53. The third kappa shape index (κ3) is 3.83. The van der Waals surface area contributed by atoms with E-state index in [0.717, 1.165) is 25.2 Å². The molecule has 0 bridgehead atoms. The first-order chi connectivity index (χ1) is 12.2. The molecule has 1 fully saturated rings. The maximum Gasteiger partial charge on any atom is 0.235 e. The highest BCUT2D eigenvalue weighted by atomic mass is 16.5. The molecule has 0 aliphatic carbocycles. The highest BCUT2D eigenvalue weighted by Gasteiger charge is 2.16. The molecule has 1 aromatic heterocycles. The Morgan fingerprint density at radius 2 is 1.88 bits per heavy atom. The minimum Gasteiger partial charge on any atom is -0.493 e. The van der Waals surface area contributed by atoms with Crippen LogP contribution in [0.4, 0.5) is 0 Å². The van der Waals surface area contributed by atoms with Crippen LogP contribution in [-0.4, -0.2) is 37.2 Å². The van der Waals surface area contributed by atoms with Crippen molar-refractivity contribution in [1.82, 2.24) is 9.88 Å². The third-order valence-corrected chi connectivity index (χ3v) is 4.24. The van der Waals surface area contributed by atoms with Crippen molar-refractivity contribution < 1.29 is 14.2 Å². The minimum atomic E-state index is 0.243. The van der Waals surface area contributed by atoms with Gasteiger partial charge in [0, 0.05) is 18.8 Å². The predicted molar refractivity (Wildman–Crippen MR) is 93.1 cm³/mol. The lowest BCUT2D eigenvalue weighted by atomic mass is 10.2. The summed E-state index contributed by atoms with van der Waals surface area (Å²) in [5.74, 6) is 1.83. The largest absolute Gasteiger partial charge is 0.493 e. The Bertz CT molecular complexity index is 780. The quantitative estimate of drug-likeness (QED) is 0.804. The Morgan fingerprint density at radius 1 is 1.08 bits per heavy atom. The van der Waals surface area contributed by atoms with Crippen molar-refractivity contribution >= 4 is 0 Å². The van der Waals surface area contributed by atoms with Crippen LogP contribution >= 0.6 is 0 Å². The Balaban J connectivity index is 1.89. The summed E-state index contributed by atoms with van der Waals surface area (Å²) >= 11 is 0. The molecular formula is C19H21N3O3. The van der Waals surface area contributed by atoms with Crippen LogP contribution in [0.15, 0.2) is 30.5 Å². The van der Waals surface area contributed by atoms with E-state index in [0.29, 0.717) is 17.2 Å². The lowest BCUT2D eigenvalue weighted by Crippen LogP contribution is -2.18. The summed E-state index contributed by atoms with van der Waals surface area (Å²) < 4.78 is 16.5. The summed E-state index contributed by atoms with van der Waals surface area (Å²) in [5.41, 5.74) is 1.41. The normalized spacial score (nSPS) is 14.1. The van der Waals surface area contributed by atoms with Crippen LogP contribution in [0.2, 0.25) is 0 Å². The van der Waals surface area contributed by atoms with Gasteiger partial charge in [0.25, 0.3) is 0 Å². The van der Waals surface area contributed by atoms with Gasteiger partial charge in [-0.05, 0) is 43.6 Å². The van der Waals surface area contributed by atoms with Crippen LogP contribution in [0.1, 0.15) is 24.0 Å². The summed E-state index contributed by atoms with van der Waals surface area (Å²) in [6.07, 6.45) is 4.05.